The summed E-state index contributed by atoms with van der Waals surface area (Å²) in [6.45, 7) is 6.83. The largest absolute Gasteiger partial charge is 0.467 e. The smallest absolute Gasteiger partial charge is 0.320 e. The molecule has 1 N–H and O–H groups in total. The maximum atomic E-state index is 9.26. The molecule has 6 rings (SSSR count). The van der Waals surface area contributed by atoms with Crippen LogP contribution in [0.2, 0.25) is 0 Å². The molecule has 3 saturated heterocycles. The van der Waals surface area contributed by atoms with Gasteiger partial charge in [-0.05, 0) is 68.5 Å². The van der Waals surface area contributed by atoms with Gasteiger partial charge in [-0.3, -0.25) is 0 Å². The molecule has 3 aliphatic heterocycles. The van der Waals surface area contributed by atoms with Crippen molar-refractivity contribution in [1.82, 2.24) is 24.6 Å². The number of methoxy groups -OCH3 is 1. The molecule has 2 unspecified atom stereocenters. The summed E-state index contributed by atoms with van der Waals surface area (Å²) in [5.41, 5.74) is 3.74. The molecule has 0 saturated carbocycles. The molecule has 11 heteroatoms. The van der Waals surface area contributed by atoms with Crippen molar-refractivity contribution in [3.05, 3.63) is 35.5 Å². The Morgan fingerprint density at radius 1 is 1.11 bits per heavy atom. The van der Waals surface area contributed by atoms with Crippen LogP contribution in [0.5, 0.6) is 6.01 Å². The number of aliphatic hydroxyl groups is 1. The number of piperidine rings is 1. The molecule has 2 aromatic heterocycles. The number of anilines is 1. The number of hydrogen-bond donors (Lipinski definition) is 1. The van der Waals surface area contributed by atoms with E-state index in [1.54, 1.807) is 7.11 Å². The molecular formula is C25H36N6O3S2. The standard InChI is InChI=1S/C25H32N6O3.2H2S/c1-16-9-18-13-26-31(22(18)11-21(16)17-3-5-29(6-4-17)7-8-32)24-12-23(27-25(28-24)33-2)30-14-20-10-19(30)15-34-20;;/h9,11-13,17,19-20,32H,3-8,10,14-15H2,1-2H3;2*1H2. The van der Waals surface area contributed by atoms with E-state index in [0.29, 0.717) is 23.8 Å². The maximum absolute atomic E-state index is 9.26. The van der Waals surface area contributed by atoms with Gasteiger partial charge in [-0.2, -0.15) is 42.1 Å². The second-order valence-corrected chi connectivity index (χ2v) is 9.73. The average Bonchev–Trinajstić information content (AvgIpc) is 3.60. The van der Waals surface area contributed by atoms with Gasteiger partial charge in [0.15, 0.2) is 5.82 Å². The van der Waals surface area contributed by atoms with Gasteiger partial charge in [0.05, 0.1) is 44.2 Å². The highest BCUT2D eigenvalue weighted by molar-refractivity contribution is 7.59. The zero-order chi connectivity index (χ0) is 23.2. The lowest BCUT2D eigenvalue weighted by atomic mass is 9.86. The van der Waals surface area contributed by atoms with Crippen molar-refractivity contribution in [1.29, 1.82) is 0 Å². The summed E-state index contributed by atoms with van der Waals surface area (Å²) in [6.07, 6.45) is 5.45. The lowest BCUT2D eigenvalue weighted by Crippen LogP contribution is -2.37. The van der Waals surface area contributed by atoms with Crippen LogP contribution in [0, 0.1) is 6.92 Å². The number of aromatic nitrogens is 4. The molecule has 2 atom stereocenters. The van der Waals surface area contributed by atoms with Crippen molar-refractivity contribution < 1.29 is 14.6 Å². The fourth-order valence-electron chi connectivity index (χ4n) is 5.86. The molecular weight excluding hydrogens is 496 g/mol. The van der Waals surface area contributed by atoms with Crippen LogP contribution in [0.25, 0.3) is 16.7 Å². The lowest BCUT2D eigenvalue weighted by molar-refractivity contribution is 0.0988. The van der Waals surface area contributed by atoms with Gasteiger partial charge in [-0.15, -0.1) is 0 Å². The molecule has 1 aromatic carbocycles. The SMILES string of the molecule is COc1nc(N2CC3CC2CO3)cc(-n2ncc3cc(C)c(C4CCN(CCO)CC4)cc32)n1.S.S. The highest BCUT2D eigenvalue weighted by Gasteiger charge is 2.40. The van der Waals surface area contributed by atoms with Crippen LogP contribution in [0.4, 0.5) is 5.82 Å². The van der Waals surface area contributed by atoms with Crippen LogP contribution >= 0.6 is 27.0 Å². The van der Waals surface area contributed by atoms with Crippen LogP contribution in [0.1, 0.15) is 36.3 Å². The number of ether oxygens (including phenoxy) is 2. The predicted molar refractivity (Wildman–Crippen MR) is 150 cm³/mol. The monoisotopic (exact) mass is 532 g/mol. The van der Waals surface area contributed by atoms with Crippen LogP contribution in [0.3, 0.4) is 0 Å². The molecule has 2 bridgehead atoms. The van der Waals surface area contributed by atoms with Crippen LogP contribution < -0.4 is 9.64 Å². The first-order chi connectivity index (χ1) is 16.6. The number of rotatable bonds is 6. The molecule has 9 nitrogen and oxygen atoms in total. The number of benzene rings is 1. The minimum Gasteiger partial charge on any atom is -0.467 e. The van der Waals surface area contributed by atoms with Gasteiger partial charge in [0.1, 0.15) is 5.82 Å². The highest BCUT2D eigenvalue weighted by atomic mass is 32.1. The predicted octanol–water partition coefficient (Wildman–Crippen LogP) is 2.51. The molecule has 196 valence electrons. The summed E-state index contributed by atoms with van der Waals surface area (Å²) >= 11 is 0. The van der Waals surface area contributed by atoms with Crippen molar-refractivity contribution in [2.45, 2.75) is 44.2 Å². The molecule has 0 spiro atoms. The topological polar surface area (TPSA) is 88.8 Å². The summed E-state index contributed by atoms with van der Waals surface area (Å²) in [5.74, 6) is 2.09. The van der Waals surface area contributed by atoms with Crippen molar-refractivity contribution in [2.75, 3.05) is 51.4 Å². The number of hydrogen-bond acceptors (Lipinski definition) is 8. The third-order valence-electron chi connectivity index (χ3n) is 7.67. The van der Waals surface area contributed by atoms with Gasteiger partial charge >= 0.3 is 6.01 Å². The number of aliphatic hydroxyl groups excluding tert-OH is 1. The molecule has 0 amide bonds. The van der Waals surface area contributed by atoms with Gasteiger partial charge < -0.3 is 24.4 Å². The van der Waals surface area contributed by atoms with Crippen LogP contribution in [0.15, 0.2) is 24.4 Å². The van der Waals surface area contributed by atoms with E-state index in [0.717, 1.165) is 68.8 Å². The number of likely N-dealkylation sites (tertiary alicyclic amines) is 1. The number of aryl methyl sites for hydroxylation is 1. The normalized spacial score (nSPS) is 22.0. The summed E-state index contributed by atoms with van der Waals surface area (Å²) in [7, 11) is 1.61. The van der Waals surface area contributed by atoms with E-state index in [-0.39, 0.29) is 39.7 Å². The van der Waals surface area contributed by atoms with Gasteiger partial charge in [-0.1, -0.05) is 0 Å². The van der Waals surface area contributed by atoms with Crippen LogP contribution in [-0.4, -0.2) is 88.4 Å². The molecule has 3 aromatic rings. The van der Waals surface area contributed by atoms with Crippen molar-refractivity contribution in [3.8, 4) is 11.8 Å². The number of nitrogens with zero attached hydrogens (tertiary/aromatic N) is 6. The van der Waals surface area contributed by atoms with E-state index < -0.39 is 0 Å². The zero-order valence-electron chi connectivity index (χ0n) is 20.9. The second-order valence-electron chi connectivity index (χ2n) is 9.73. The average molecular weight is 533 g/mol. The Labute approximate surface area is 225 Å². The highest BCUT2D eigenvalue weighted by Crippen LogP contribution is 2.35. The fraction of sp³-hybridized carbons (Fsp3) is 0.560. The van der Waals surface area contributed by atoms with E-state index >= 15 is 0 Å². The summed E-state index contributed by atoms with van der Waals surface area (Å²) < 4.78 is 13.2. The third kappa shape index (κ3) is 4.91. The van der Waals surface area contributed by atoms with E-state index in [2.05, 4.69) is 38.8 Å². The maximum Gasteiger partial charge on any atom is 0.320 e. The van der Waals surface area contributed by atoms with E-state index in [9.17, 15) is 5.11 Å². The molecule has 3 aliphatic rings. The third-order valence-corrected chi connectivity index (χ3v) is 7.67. The fourth-order valence-corrected chi connectivity index (χ4v) is 5.86. The van der Waals surface area contributed by atoms with E-state index in [1.807, 2.05) is 16.9 Å². The van der Waals surface area contributed by atoms with Crippen LogP contribution in [-0.2, 0) is 4.74 Å². The minimum absolute atomic E-state index is 0. The van der Waals surface area contributed by atoms with Crippen molar-refractivity contribution >= 4 is 43.7 Å². The second kappa shape index (κ2) is 11.1. The number of β-amino-alcohol motifs (C(OH)–C–C–N with tert-alkyl or cyclic N) is 1. The molecule has 5 heterocycles. The minimum atomic E-state index is 0. The van der Waals surface area contributed by atoms with Crippen molar-refractivity contribution in [2.24, 2.45) is 0 Å². The van der Waals surface area contributed by atoms with Gasteiger partial charge in [-0.25, -0.2) is 4.68 Å². The Balaban J connectivity index is 0.00000152. The van der Waals surface area contributed by atoms with Gasteiger partial charge in [0.2, 0.25) is 0 Å². The lowest BCUT2D eigenvalue weighted by Gasteiger charge is -2.32. The van der Waals surface area contributed by atoms with Crippen molar-refractivity contribution in [3.63, 3.8) is 0 Å². The molecule has 36 heavy (non-hydrogen) atoms. The summed E-state index contributed by atoms with van der Waals surface area (Å²) in [5, 5.41) is 15.1. The first kappa shape index (κ1) is 27.0. The molecule has 0 radical (unpaired) electrons. The molecule has 0 aliphatic carbocycles. The Hall–Kier alpha value is -2.05. The van der Waals surface area contributed by atoms with Gasteiger partial charge in [0.25, 0.3) is 0 Å². The summed E-state index contributed by atoms with van der Waals surface area (Å²) in [4.78, 5) is 14.0. The molecule has 3 fully saturated rings. The van der Waals surface area contributed by atoms with E-state index in [1.165, 1.54) is 11.1 Å². The number of morpholine rings is 1. The number of fused-ring (bicyclic) bond motifs is 3. The Kier molecular flexibility index (Phi) is 8.35. The van der Waals surface area contributed by atoms with E-state index in [4.69, 9.17) is 14.6 Å². The quantitative estimate of drug-likeness (QED) is 0.518. The Morgan fingerprint density at radius 3 is 2.56 bits per heavy atom. The summed E-state index contributed by atoms with van der Waals surface area (Å²) in [6, 6.07) is 7.26. The first-order valence-corrected chi connectivity index (χ1v) is 12.3. The zero-order valence-corrected chi connectivity index (χ0v) is 22.9. The first-order valence-electron chi connectivity index (χ1n) is 12.3. The Bertz CT molecular complexity index is 1200. The Morgan fingerprint density at radius 2 is 1.89 bits per heavy atom. The van der Waals surface area contributed by atoms with Gasteiger partial charge in [0, 0.05) is 24.5 Å².